The number of carbonyl (C=O) groups is 1. The van der Waals surface area contributed by atoms with Crippen LogP contribution >= 0.6 is 11.3 Å². The fraction of sp³-hybridized carbons (Fsp3) is 0.300. The lowest BCUT2D eigenvalue weighted by molar-refractivity contribution is -0.139. The van der Waals surface area contributed by atoms with Crippen molar-refractivity contribution >= 4 is 23.4 Å². The van der Waals surface area contributed by atoms with E-state index < -0.39 is 12.0 Å². The summed E-state index contributed by atoms with van der Waals surface area (Å²) in [6.07, 6.45) is 3.46. The molecule has 9 heteroatoms. The molecule has 0 unspecified atom stereocenters. The molecule has 39 heavy (non-hydrogen) atoms. The second-order valence-corrected chi connectivity index (χ2v) is 10.1. The summed E-state index contributed by atoms with van der Waals surface area (Å²) in [4.78, 5) is 32.0. The number of thiazole rings is 1. The number of fused-ring (bicyclic) bond motifs is 1. The number of methoxy groups -OCH3 is 1. The van der Waals surface area contributed by atoms with Gasteiger partial charge in [0.05, 0.1) is 41.7 Å². The summed E-state index contributed by atoms with van der Waals surface area (Å²) >= 11 is 1.26. The van der Waals surface area contributed by atoms with Crippen LogP contribution in [0.15, 0.2) is 76.2 Å². The van der Waals surface area contributed by atoms with E-state index in [2.05, 4.69) is 11.6 Å². The van der Waals surface area contributed by atoms with Gasteiger partial charge in [-0.05, 0) is 69.2 Å². The predicted octanol–water partition coefficient (Wildman–Crippen LogP) is 4.16. The molecular formula is C30H32N2O6S. The minimum atomic E-state index is -0.695. The van der Waals surface area contributed by atoms with Crippen LogP contribution in [0.5, 0.6) is 17.2 Å². The summed E-state index contributed by atoms with van der Waals surface area (Å²) in [6, 6.07) is 12.2. The van der Waals surface area contributed by atoms with Gasteiger partial charge in [-0.1, -0.05) is 42.2 Å². The minimum absolute atomic E-state index is 0.0204. The average molecular weight is 549 g/mol. The highest BCUT2D eigenvalue weighted by atomic mass is 32.1. The third-order valence-electron chi connectivity index (χ3n) is 5.93. The minimum Gasteiger partial charge on any atom is -0.493 e. The van der Waals surface area contributed by atoms with Gasteiger partial charge in [0.2, 0.25) is 0 Å². The number of aromatic nitrogens is 1. The van der Waals surface area contributed by atoms with E-state index >= 15 is 0 Å². The van der Waals surface area contributed by atoms with E-state index in [1.54, 1.807) is 49.8 Å². The number of hydrogen-bond acceptors (Lipinski definition) is 8. The van der Waals surface area contributed by atoms with E-state index in [9.17, 15) is 9.59 Å². The zero-order valence-electron chi connectivity index (χ0n) is 22.7. The van der Waals surface area contributed by atoms with Crippen molar-refractivity contribution in [1.29, 1.82) is 0 Å². The Labute approximate surface area is 231 Å². The monoisotopic (exact) mass is 548 g/mol. The fourth-order valence-electron chi connectivity index (χ4n) is 4.30. The van der Waals surface area contributed by atoms with Gasteiger partial charge < -0.3 is 18.9 Å². The first-order valence-electron chi connectivity index (χ1n) is 12.6. The summed E-state index contributed by atoms with van der Waals surface area (Å²) in [6.45, 7) is 11.6. The first-order valence-corrected chi connectivity index (χ1v) is 13.5. The molecular weight excluding hydrogens is 516 g/mol. The maximum Gasteiger partial charge on any atom is 0.338 e. The van der Waals surface area contributed by atoms with E-state index in [0.717, 1.165) is 11.1 Å². The van der Waals surface area contributed by atoms with Crippen molar-refractivity contribution in [2.24, 2.45) is 4.99 Å². The van der Waals surface area contributed by atoms with Gasteiger partial charge in [0.15, 0.2) is 16.3 Å². The molecule has 0 saturated carbocycles. The van der Waals surface area contributed by atoms with E-state index in [0.29, 0.717) is 44.5 Å². The van der Waals surface area contributed by atoms with Crippen molar-refractivity contribution in [2.75, 3.05) is 20.3 Å². The maximum atomic E-state index is 13.8. The van der Waals surface area contributed by atoms with Crippen LogP contribution in [-0.4, -0.2) is 37.0 Å². The number of nitrogens with zero attached hydrogens (tertiary/aromatic N) is 2. The van der Waals surface area contributed by atoms with Gasteiger partial charge >= 0.3 is 5.97 Å². The SMILES string of the molecule is C=CCOc1ccc(/C=c2\sc3n(c2=O)[C@H](c2ccc(OC(C)C)cc2)C(C(=O)OCC)=C(C)N=3)cc1OC. The summed E-state index contributed by atoms with van der Waals surface area (Å²) in [5.41, 5.74) is 2.10. The topological polar surface area (TPSA) is 88.4 Å². The number of allylic oxidation sites excluding steroid dienone is 1. The Morgan fingerprint density at radius 1 is 1.18 bits per heavy atom. The van der Waals surface area contributed by atoms with Gasteiger partial charge in [-0.15, -0.1) is 0 Å². The van der Waals surface area contributed by atoms with Gasteiger partial charge in [0.1, 0.15) is 12.4 Å². The Balaban J connectivity index is 1.84. The van der Waals surface area contributed by atoms with Crippen molar-refractivity contribution < 1.29 is 23.7 Å². The lowest BCUT2D eigenvalue weighted by Gasteiger charge is -2.25. The summed E-state index contributed by atoms with van der Waals surface area (Å²) in [7, 11) is 1.56. The molecule has 0 aliphatic carbocycles. The van der Waals surface area contributed by atoms with Crippen molar-refractivity contribution in [3.8, 4) is 17.2 Å². The van der Waals surface area contributed by atoms with Gasteiger partial charge in [-0.3, -0.25) is 9.36 Å². The highest BCUT2D eigenvalue weighted by molar-refractivity contribution is 7.07. The summed E-state index contributed by atoms with van der Waals surface area (Å²) in [5, 5.41) is 0. The summed E-state index contributed by atoms with van der Waals surface area (Å²) < 4.78 is 24.3. The number of benzene rings is 2. The number of carbonyl (C=O) groups excluding carboxylic acids is 1. The molecule has 0 amide bonds. The van der Waals surface area contributed by atoms with Gasteiger partial charge in [0, 0.05) is 0 Å². The largest absolute Gasteiger partial charge is 0.493 e. The molecule has 0 fully saturated rings. The molecule has 0 spiro atoms. The summed E-state index contributed by atoms with van der Waals surface area (Å²) in [5.74, 6) is 1.32. The van der Waals surface area contributed by atoms with Crippen molar-refractivity contribution in [3.63, 3.8) is 0 Å². The Bertz CT molecular complexity index is 1580. The quantitative estimate of drug-likeness (QED) is 0.279. The zero-order chi connectivity index (χ0) is 28.1. The Morgan fingerprint density at radius 3 is 2.56 bits per heavy atom. The highest BCUT2D eigenvalue weighted by Gasteiger charge is 2.33. The van der Waals surface area contributed by atoms with E-state index in [1.807, 2.05) is 44.2 Å². The molecule has 1 atom stereocenters. The van der Waals surface area contributed by atoms with Gasteiger partial charge in [-0.25, -0.2) is 9.79 Å². The Hall–Kier alpha value is -4.11. The molecule has 0 saturated heterocycles. The number of esters is 1. The van der Waals surface area contributed by atoms with E-state index in [-0.39, 0.29) is 18.3 Å². The number of hydrogen-bond donors (Lipinski definition) is 0. The molecule has 1 aromatic heterocycles. The van der Waals surface area contributed by atoms with Crippen molar-refractivity contribution in [2.45, 2.75) is 39.8 Å². The lowest BCUT2D eigenvalue weighted by Crippen LogP contribution is -2.39. The molecule has 3 aromatic rings. The first kappa shape index (κ1) is 27.9. The van der Waals surface area contributed by atoms with E-state index in [1.165, 1.54) is 11.3 Å². The van der Waals surface area contributed by atoms with Crippen molar-refractivity contribution in [3.05, 3.63) is 97.2 Å². The number of rotatable bonds is 10. The number of ether oxygens (including phenoxy) is 4. The molecule has 2 aromatic carbocycles. The molecule has 0 N–H and O–H groups in total. The molecule has 0 bridgehead atoms. The fourth-order valence-corrected chi connectivity index (χ4v) is 5.35. The van der Waals surface area contributed by atoms with Crippen LogP contribution in [0.3, 0.4) is 0 Å². The second kappa shape index (κ2) is 12.2. The maximum absolute atomic E-state index is 13.8. The molecule has 0 radical (unpaired) electrons. The smallest absolute Gasteiger partial charge is 0.338 e. The molecule has 1 aliphatic rings. The van der Waals surface area contributed by atoms with Crippen LogP contribution in [0.2, 0.25) is 0 Å². The third-order valence-corrected chi connectivity index (χ3v) is 6.91. The van der Waals surface area contributed by atoms with Crippen LogP contribution < -0.4 is 29.1 Å². The Morgan fingerprint density at radius 2 is 1.92 bits per heavy atom. The molecule has 204 valence electrons. The van der Waals surface area contributed by atoms with Gasteiger partial charge in [0.25, 0.3) is 5.56 Å². The Kier molecular flexibility index (Phi) is 8.71. The second-order valence-electron chi connectivity index (χ2n) is 9.05. The molecule has 8 nitrogen and oxygen atoms in total. The molecule has 2 heterocycles. The van der Waals surface area contributed by atoms with Crippen LogP contribution in [0, 0.1) is 0 Å². The van der Waals surface area contributed by atoms with Gasteiger partial charge in [-0.2, -0.15) is 0 Å². The predicted molar refractivity (Wildman–Crippen MR) is 151 cm³/mol. The van der Waals surface area contributed by atoms with E-state index in [4.69, 9.17) is 18.9 Å². The van der Waals surface area contributed by atoms with Crippen LogP contribution in [0.25, 0.3) is 6.08 Å². The average Bonchev–Trinajstić information content (AvgIpc) is 3.21. The zero-order valence-corrected chi connectivity index (χ0v) is 23.5. The normalized spacial score (nSPS) is 15.0. The lowest BCUT2D eigenvalue weighted by atomic mass is 9.96. The molecule has 1 aliphatic heterocycles. The van der Waals surface area contributed by atoms with Crippen LogP contribution in [0.1, 0.15) is 44.9 Å². The standard InChI is InChI=1S/C30H32N2O6S/c1-7-15-37-23-14-9-20(16-24(23)35-6)17-25-28(33)32-27(21-10-12-22(13-11-21)38-18(3)4)26(29(34)36-8-2)19(5)31-30(32)39-25/h7,9-14,16-18,27H,1,8,15H2,2-6H3/b25-17-/t27-/m1/s1. The highest BCUT2D eigenvalue weighted by Crippen LogP contribution is 2.32. The first-order chi connectivity index (χ1) is 18.8. The molecule has 4 rings (SSSR count). The van der Waals surface area contributed by atoms with Crippen LogP contribution in [0.4, 0.5) is 0 Å². The third kappa shape index (κ3) is 5.98. The van der Waals surface area contributed by atoms with Crippen molar-refractivity contribution in [1.82, 2.24) is 4.57 Å². The van der Waals surface area contributed by atoms with Crippen LogP contribution in [-0.2, 0) is 9.53 Å².